The minimum absolute atomic E-state index is 0.0485. The molecule has 15 heteroatoms. The third-order valence-electron chi connectivity index (χ3n) is 10.1. The molecule has 0 bridgehead atoms. The Morgan fingerprint density at radius 3 is 1.92 bits per heavy atom. The van der Waals surface area contributed by atoms with Crippen LogP contribution in [0.2, 0.25) is 0 Å². The van der Waals surface area contributed by atoms with Crippen molar-refractivity contribution in [2.75, 3.05) is 38.4 Å². The van der Waals surface area contributed by atoms with E-state index in [1.807, 2.05) is 84.9 Å². The monoisotopic (exact) mass is 832 g/mol. The second-order valence-corrected chi connectivity index (χ2v) is 15.0. The molecular formula is C46H36N6O8S-2. The summed E-state index contributed by atoms with van der Waals surface area (Å²) in [7, 11) is -0.168. The Kier molecular flexibility index (Phi) is 10.2. The molecule has 1 N–H and O–H groups in total. The maximum absolute atomic E-state index is 12.8. The van der Waals surface area contributed by atoms with Crippen LogP contribution in [0.1, 0.15) is 0 Å². The van der Waals surface area contributed by atoms with Crippen LogP contribution in [0.3, 0.4) is 0 Å². The lowest BCUT2D eigenvalue weighted by Crippen LogP contribution is -2.36. The molecule has 0 aromatic heterocycles. The van der Waals surface area contributed by atoms with Crippen molar-refractivity contribution in [3.8, 4) is 28.7 Å². The van der Waals surface area contributed by atoms with Crippen molar-refractivity contribution in [2.45, 2.75) is 4.90 Å². The summed E-state index contributed by atoms with van der Waals surface area (Å²) in [6.07, 6.45) is 0. The van der Waals surface area contributed by atoms with Gasteiger partial charge in [0.2, 0.25) is 6.79 Å². The van der Waals surface area contributed by atoms with Gasteiger partial charge in [0.25, 0.3) is 10.1 Å². The van der Waals surface area contributed by atoms with E-state index in [4.69, 9.17) is 34.5 Å². The molecule has 9 rings (SSSR count). The lowest BCUT2D eigenvalue weighted by Gasteiger charge is -2.57. The molecule has 61 heavy (non-hydrogen) atoms. The van der Waals surface area contributed by atoms with E-state index in [0.29, 0.717) is 56.8 Å². The molecule has 0 saturated carbocycles. The van der Waals surface area contributed by atoms with Crippen molar-refractivity contribution in [1.82, 2.24) is 0 Å². The maximum atomic E-state index is 12.8. The average Bonchev–Trinajstić information content (AvgIpc) is 3.34. The van der Waals surface area contributed by atoms with E-state index in [2.05, 4.69) is 10.2 Å². The summed E-state index contributed by atoms with van der Waals surface area (Å²) in [4.78, 5) is -0.344. The summed E-state index contributed by atoms with van der Waals surface area (Å²) in [6, 6.07) is 43.5. The van der Waals surface area contributed by atoms with Crippen molar-refractivity contribution in [3.05, 3.63) is 156 Å². The molecule has 8 aromatic carbocycles. The Balaban J connectivity index is 1.35. The van der Waals surface area contributed by atoms with Gasteiger partial charge in [-0.3, -0.25) is 4.55 Å². The molecule has 0 fully saturated rings. The van der Waals surface area contributed by atoms with Crippen molar-refractivity contribution in [1.29, 1.82) is 0 Å². The van der Waals surface area contributed by atoms with Crippen LogP contribution in [-0.2, 0) is 10.1 Å². The minimum Gasteiger partial charge on any atom is -0.571 e. The quantitative estimate of drug-likeness (QED) is 0.104. The van der Waals surface area contributed by atoms with E-state index in [9.17, 15) is 13.0 Å². The smallest absolute Gasteiger partial charge is 0.295 e. The number of methoxy groups -OCH3 is 3. The number of hydrogen-bond acceptors (Lipinski definition) is 11. The molecule has 14 nitrogen and oxygen atoms in total. The van der Waals surface area contributed by atoms with E-state index in [0.717, 1.165) is 21.5 Å². The van der Waals surface area contributed by atoms with Crippen LogP contribution in [0.25, 0.3) is 43.2 Å². The van der Waals surface area contributed by atoms with Crippen LogP contribution >= 0.6 is 0 Å². The third-order valence-corrected chi connectivity index (χ3v) is 11.0. The highest BCUT2D eigenvalue weighted by Gasteiger charge is 2.24. The van der Waals surface area contributed by atoms with Crippen LogP contribution in [0, 0.1) is 0 Å². The molecule has 306 valence electrons. The van der Waals surface area contributed by atoms with E-state index < -0.39 is 10.1 Å². The van der Waals surface area contributed by atoms with Gasteiger partial charge in [-0.2, -0.15) is 13.5 Å². The number of azo groups is 1. The topological polar surface area (TPSA) is 160 Å². The van der Waals surface area contributed by atoms with Crippen LogP contribution in [0.5, 0.6) is 28.7 Å². The average molecular weight is 833 g/mol. The standard InChI is InChI=1S/C46H36N6O8S/c1-56-38-19-11-10-18-36(38)48-47-31-22-25-39-37(26-31)51(49-44-32-14-6-4-12-29(32)20-23-40(44)57-2)52(46-33-15-7-5-13-30(33)21-24-41(46)60-28-59-39)50-45-35-17-9-8-16-34(35)43(61(53,54)55)27-42(45)58-3/h4-27H,28H2,1-3H3,(H,53,54,55)/q-2. The molecule has 0 unspecified atom stereocenters. The molecule has 0 spiro atoms. The highest BCUT2D eigenvalue weighted by Crippen LogP contribution is 2.52. The number of hydrazine groups is 1. The number of fused-ring (bicyclic) bond motifs is 6. The molecule has 1 heterocycles. The zero-order valence-corrected chi connectivity index (χ0v) is 33.8. The van der Waals surface area contributed by atoms with Crippen molar-refractivity contribution in [2.24, 2.45) is 10.2 Å². The lowest BCUT2D eigenvalue weighted by molar-refractivity contribution is 0.122. The summed E-state index contributed by atoms with van der Waals surface area (Å²) in [6.45, 7) is -0.199. The molecule has 0 atom stereocenters. The number of benzene rings is 8. The zero-order valence-electron chi connectivity index (χ0n) is 33.0. The van der Waals surface area contributed by atoms with Gasteiger partial charge >= 0.3 is 0 Å². The van der Waals surface area contributed by atoms with Crippen LogP contribution in [0.15, 0.2) is 161 Å². The number of hydrogen-bond donors (Lipinski definition) is 1. The lowest BCUT2D eigenvalue weighted by atomic mass is 10.1. The molecule has 0 amide bonds. The van der Waals surface area contributed by atoms with Crippen LogP contribution < -0.4 is 33.9 Å². The fourth-order valence-corrected chi connectivity index (χ4v) is 7.95. The van der Waals surface area contributed by atoms with Gasteiger partial charge in [-0.05, 0) is 64.0 Å². The summed E-state index contributed by atoms with van der Waals surface area (Å²) < 4.78 is 66.1. The molecule has 1 aliphatic heterocycles. The minimum atomic E-state index is -4.70. The first-order valence-corrected chi connectivity index (χ1v) is 20.3. The molecular weight excluding hydrogens is 797 g/mol. The van der Waals surface area contributed by atoms with Crippen molar-refractivity contribution in [3.63, 3.8) is 0 Å². The SMILES string of the molecule is COc1ccccc1N=Nc1ccc2c(c1)N([N-]c1c(OC)ccc3ccccc13)N([N-]c1c(OC)cc(S(=O)(=O)O)c3ccccc13)c1c(ccc3ccccc13)OCO2. The highest BCUT2D eigenvalue weighted by atomic mass is 32.2. The Labute approximate surface area is 350 Å². The van der Waals surface area contributed by atoms with Gasteiger partial charge in [-0.25, -0.2) is 0 Å². The molecule has 1 aliphatic rings. The molecule has 0 radical (unpaired) electrons. The normalized spacial score (nSPS) is 12.8. The second-order valence-electron chi connectivity index (χ2n) is 13.6. The van der Waals surface area contributed by atoms with Gasteiger partial charge in [-0.1, -0.05) is 108 Å². The second kappa shape index (κ2) is 16.1. The van der Waals surface area contributed by atoms with E-state index in [-0.39, 0.29) is 28.5 Å². The first kappa shape index (κ1) is 38.8. The first-order valence-electron chi connectivity index (χ1n) is 18.9. The summed E-state index contributed by atoms with van der Waals surface area (Å²) in [5.74, 6) is 1.78. The number of anilines is 2. The van der Waals surface area contributed by atoms with Gasteiger partial charge in [0.1, 0.15) is 39.3 Å². The maximum Gasteiger partial charge on any atom is 0.295 e. The Hall–Kier alpha value is -7.75. The summed E-state index contributed by atoms with van der Waals surface area (Å²) in [5, 5.41) is 16.1. The summed E-state index contributed by atoms with van der Waals surface area (Å²) in [5.41, 5.74) is 13.2. The van der Waals surface area contributed by atoms with Crippen molar-refractivity contribution >= 4 is 76.6 Å². The Morgan fingerprint density at radius 2 is 1.16 bits per heavy atom. The van der Waals surface area contributed by atoms with E-state index in [1.54, 1.807) is 79.1 Å². The van der Waals surface area contributed by atoms with Crippen LogP contribution in [0.4, 0.5) is 34.1 Å². The third kappa shape index (κ3) is 7.32. The predicted octanol–water partition coefficient (Wildman–Crippen LogP) is 12.0. The largest absolute Gasteiger partial charge is 0.571 e. The molecule has 0 aliphatic carbocycles. The summed E-state index contributed by atoms with van der Waals surface area (Å²) >= 11 is 0. The van der Waals surface area contributed by atoms with Gasteiger partial charge in [0, 0.05) is 16.8 Å². The van der Waals surface area contributed by atoms with Crippen LogP contribution in [-0.4, -0.2) is 41.1 Å². The number of nitrogens with zero attached hydrogens (tertiary/aromatic N) is 6. The fraction of sp³-hybridized carbons (Fsp3) is 0.0870. The van der Waals surface area contributed by atoms with E-state index >= 15 is 0 Å². The van der Waals surface area contributed by atoms with Gasteiger partial charge in [0.15, 0.2) is 0 Å². The Morgan fingerprint density at radius 1 is 0.574 bits per heavy atom. The zero-order chi connectivity index (χ0) is 42.1. The van der Waals surface area contributed by atoms with E-state index in [1.165, 1.54) is 13.2 Å². The molecule has 8 aromatic rings. The van der Waals surface area contributed by atoms with Gasteiger partial charge in [0.05, 0.1) is 38.4 Å². The number of rotatable bonds is 10. The fourth-order valence-electron chi connectivity index (χ4n) is 7.24. The number of ether oxygens (including phenoxy) is 5. The van der Waals surface area contributed by atoms with Gasteiger partial charge < -0.3 is 44.8 Å². The Bertz CT molecular complexity index is 3110. The molecule has 0 saturated heterocycles. The first-order chi connectivity index (χ1) is 29.7. The van der Waals surface area contributed by atoms with Gasteiger partial charge in [-0.15, -0.1) is 5.11 Å². The highest BCUT2D eigenvalue weighted by molar-refractivity contribution is 7.86. The van der Waals surface area contributed by atoms with Crippen molar-refractivity contribution < 1.29 is 36.7 Å². The number of para-hydroxylation sites is 1. The predicted molar refractivity (Wildman–Crippen MR) is 235 cm³/mol.